The summed E-state index contributed by atoms with van der Waals surface area (Å²) in [5.74, 6) is 0.534. The summed E-state index contributed by atoms with van der Waals surface area (Å²) in [6.07, 6.45) is 3.50. The van der Waals surface area contributed by atoms with E-state index >= 15 is 0 Å². The lowest BCUT2D eigenvalue weighted by Gasteiger charge is -2.15. The molecule has 1 rings (SSSR count). The van der Waals surface area contributed by atoms with E-state index in [0.29, 0.717) is 13.0 Å². The normalized spacial score (nSPS) is 21.3. The van der Waals surface area contributed by atoms with Crippen molar-refractivity contribution in [2.24, 2.45) is 5.92 Å². The summed E-state index contributed by atoms with van der Waals surface area (Å²) in [6, 6.07) is 0. The number of rotatable bonds is 4. The Balaban J connectivity index is 2.34. The van der Waals surface area contributed by atoms with Crippen molar-refractivity contribution in [1.29, 1.82) is 0 Å². The smallest absolute Gasteiger partial charge is 0.222 e. The van der Waals surface area contributed by atoms with Crippen molar-refractivity contribution >= 4 is 11.7 Å². The molecule has 14 heavy (non-hydrogen) atoms. The van der Waals surface area contributed by atoms with Gasteiger partial charge in [-0.25, -0.2) is 0 Å². The third-order valence-electron chi connectivity index (χ3n) is 2.86. The quantitative estimate of drug-likeness (QED) is 0.686. The molecule has 0 spiro atoms. The fourth-order valence-electron chi connectivity index (χ4n) is 1.80. The van der Waals surface area contributed by atoms with Gasteiger partial charge in [0.1, 0.15) is 5.78 Å². The average Bonchev–Trinajstić information content (AvgIpc) is 2.62. The summed E-state index contributed by atoms with van der Waals surface area (Å²) in [4.78, 5) is 24.5. The Bertz CT molecular complexity index is 225. The minimum atomic E-state index is 0.0978. The van der Waals surface area contributed by atoms with E-state index in [-0.39, 0.29) is 17.6 Å². The molecule has 0 saturated carbocycles. The van der Waals surface area contributed by atoms with E-state index in [2.05, 4.69) is 6.92 Å². The van der Waals surface area contributed by atoms with Gasteiger partial charge in [0, 0.05) is 25.4 Å². The molecule has 3 heteroatoms. The SMILES string of the molecule is CCCCC(=O)N1CC[C@H](C(C)=O)C1. The number of unbranched alkanes of at least 4 members (excludes halogenated alkanes) is 1. The van der Waals surface area contributed by atoms with E-state index in [4.69, 9.17) is 0 Å². The zero-order valence-electron chi connectivity index (χ0n) is 9.08. The molecule has 1 aliphatic heterocycles. The lowest BCUT2D eigenvalue weighted by molar-refractivity contribution is -0.130. The van der Waals surface area contributed by atoms with Crippen molar-refractivity contribution in [3.63, 3.8) is 0 Å². The van der Waals surface area contributed by atoms with E-state index in [1.54, 1.807) is 6.92 Å². The fraction of sp³-hybridized carbons (Fsp3) is 0.818. The first-order valence-corrected chi connectivity index (χ1v) is 5.43. The maximum atomic E-state index is 11.6. The molecular weight excluding hydrogens is 178 g/mol. The van der Waals surface area contributed by atoms with Crippen LogP contribution in [-0.4, -0.2) is 29.7 Å². The average molecular weight is 197 g/mol. The maximum Gasteiger partial charge on any atom is 0.222 e. The van der Waals surface area contributed by atoms with Gasteiger partial charge in [0.2, 0.25) is 5.91 Å². The largest absolute Gasteiger partial charge is 0.342 e. The summed E-state index contributed by atoms with van der Waals surface area (Å²) >= 11 is 0. The first-order chi connectivity index (χ1) is 6.65. The predicted octanol–water partition coefficient (Wildman–Crippen LogP) is 1.61. The van der Waals surface area contributed by atoms with Crippen molar-refractivity contribution in [3.05, 3.63) is 0 Å². The minimum Gasteiger partial charge on any atom is -0.342 e. The zero-order chi connectivity index (χ0) is 10.6. The molecule has 0 aromatic heterocycles. The van der Waals surface area contributed by atoms with Crippen molar-refractivity contribution in [2.45, 2.75) is 39.5 Å². The summed E-state index contributed by atoms with van der Waals surface area (Å²) in [7, 11) is 0. The Hall–Kier alpha value is -0.860. The first kappa shape index (κ1) is 11.2. The van der Waals surface area contributed by atoms with Crippen LogP contribution in [0.5, 0.6) is 0 Å². The van der Waals surface area contributed by atoms with E-state index < -0.39 is 0 Å². The second kappa shape index (κ2) is 5.13. The summed E-state index contributed by atoms with van der Waals surface area (Å²) in [5, 5.41) is 0. The molecule has 0 radical (unpaired) electrons. The number of carbonyl (C=O) groups excluding carboxylic acids is 2. The number of likely N-dealkylation sites (tertiary alicyclic amines) is 1. The third-order valence-corrected chi connectivity index (χ3v) is 2.86. The molecule has 1 amide bonds. The monoisotopic (exact) mass is 197 g/mol. The Morgan fingerprint density at radius 1 is 1.43 bits per heavy atom. The topological polar surface area (TPSA) is 37.4 Å². The first-order valence-electron chi connectivity index (χ1n) is 5.43. The highest BCUT2D eigenvalue weighted by molar-refractivity contribution is 5.81. The number of carbonyl (C=O) groups is 2. The molecule has 1 fully saturated rings. The summed E-state index contributed by atoms with van der Waals surface area (Å²) in [5.41, 5.74) is 0. The van der Waals surface area contributed by atoms with Crippen LogP contribution in [0.15, 0.2) is 0 Å². The Kier molecular flexibility index (Phi) is 4.11. The molecule has 1 atom stereocenters. The van der Waals surface area contributed by atoms with Gasteiger partial charge in [-0.3, -0.25) is 9.59 Å². The van der Waals surface area contributed by atoms with E-state index in [0.717, 1.165) is 25.8 Å². The van der Waals surface area contributed by atoms with E-state index in [1.807, 2.05) is 4.90 Å². The zero-order valence-corrected chi connectivity index (χ0v) is 9.08. The number of ketones is 1. The number of amides is 1. The molecule has 0 aromatic carbocycles. The molecule has 0 bridgehead atoms. The van der Waals surface area contributed by atoms with Crippen LogP contribution in [0.1, 0.15) is 39.5 Å². The fourth-order valence-corrected chi connectivity index (χ4v) is 1.80. The lowest BCUT2D eigenvalue weighted by Crippen LogP contribution is -2.29. The molecule has 80 valence electrons. The van der Waals surface area contributed by atoms with Gasteiger partial charge in [0.05, 0.1) is 0 Å². The van der Waals surface area contributed by atoms with E-state index in [1.165, 1.54) is 0 Å². The van der Waals surface area contributed by atoms with Crippen molar-refractivity contribution in [1.82, 2.24) is 4.90 Å². The van der Waals surface area contributed by atoms with Crippen LogP contribution in [-0.2, 0) is 9.59 Å². The van der Waals surface area contributed by atoms with Gasteiger partial charge in [-0.05, 0) is 19.8 Å². The highest BCUT2D eigenvalue weighted by Crippen LogP contribution is 2.18. The lowest BCUT2D eigenvalue weighted by atomic mass is 10.1. The molecule has 1 aliphatic rings. The standard InChI is InChI=1S/C11H19NO2/c1-3-4-5-11(14)12-7-6-10(8-12)9(2)13/h10H,3-8H2,1-2H3/t10-/m0/s1. The van der Waals surface area contributed by atoms with E-state index in [9.17, 15) is 9.59 Å². The molecular formula is C11H19NO2. The van der Waals surface area contributed by atoms with Gasteiger partial charge in [-0.1, -0.05) is 13.3 Å². The highest BCUT2D eigenvalue weighted by Gasteiger charge is 2.28. The van der Waals surface area contributed by atoms with Crippen LogP contribution < -0.4 is 0 Å². The second-order valence-corrected chi connectivity index (χ2v) is 4.04. The number of hydrogen-bond donors (Lipinski definition) is 0. The summed E-state index contributed by atoms with van der Waals surface area (Å²) in [6.45, 7) is 5.12. The second-order valence-electron chi connectivity index (χ2n) is 4.04. The van der Waals surface area contributed by atoms with Gasteiger partial charge in [0.25, 0.3) is 0 Å². The molecule has 1 saturated heterocycles. The molecule has 0 aromatic rings. The number of hydrogen-bond acceptors (Lipinski definition) is 2. The molecule has 0 unspecified atom stereocenters. The molecule has 0 aliphatic carbocycles. The van der Waals surface area contributed by atoms with Gasteiger partial charge in [-0.15, -0.1) is 0 Å². The minimum absolute atomic E-state index is 0.0978. The maximum absolute atomic E-state index is 11.6. The Morgan fingerprint density at radius 3 is 2.64 bits per heavy atom. The van der Waals surface area contributed by atoms with Gasteiger partial charge in [-0.2, -0.15) is 0 Å². The third kappa shape index (κ3) is 2.82. The van der Waals surface area contributed by atoms with Gasteiger partial charge in [0.15, 0.2) is 0 Å². The Morgan fingerprint density at radius 2 is 2.14 bits per heavy atom. The molecule has 0 N–H and O–H groups in total. The molecule has 3 nitrogen and oxygen atoms in total. The van der Waals surface area contributed by atoms with Crippen LogP contribution in [0.4, 0.5) is 0 Å². The van der Waals surface area contributed by atoms with Gasteiger partial charge >= 0.3 is 0 Å². The number of nitrogens with zero attached hydrogens (tertiary/aromatic N) is 1. The molecule has 1 heterocycles. The van der Waals surface area contributed by atoms with Crippen molar-refractivity contribution < 1.29 is 9.59 Å². The van der Waals surface area contributed by atoms with Crippen LogP contribution in [0, 0.1) is 5.92 Å². The van der Waals surface area contributed by atoms with Crippen molar-refractivity contribution in [2.75, 3.05) is 13.1 Å². The highest BCUT2D eigenvalue weighted by atomic mass is 16.2. The predicted molar refractivity (Wildman–Crippen MR) is 54.9 cm³/mol. The van der Waals surface area contributed by atoms with Crippen molar-refractivity contribution in [3.8, 4) is 0 Å². The van der Waals surface area contributed by atoms with Crippen LogP contribution >= 0.6 is 0 Å². The Labute approximate surface area is 85.5 Å². The summed E-state index contributed by atoms with van der Waals surface area (Å²) < 4.78 is 0. The van der Waals surface area contributed by atoms with Crippen LogP contribution in [0.3, 0.4) is 0 Å². The van der Waals surface area contributed by atoms with Gasteiger partial charge < -0.3 is 4.90 Å². The van der Waals surface area contributed by atoms with Crippen LogP contribution in [0.2, 0.25) is 0 Å². The number of Topliss-reactive ketones (excluding diaryl/α,β-unsaturated/α-hetero) is 1. The van der Waals surface area contributed by atoms with Crippen LogP contribution in [0.25, 0.3) is 0 Å².